The number of halogens is 1. The van der Waals surface area contributed by atoms with Crippen molar-refractivity contribution in [1.29, 1.82) is 0 Å². The molecule has 0 bridgehead atoms. The van der Waals surface area contributed by atoms with Crippen molar-refractivity contribution in [2.24, 2.45) is 4.99 Å². The number of ether oxygens (including phenoxy) is 2. The fourth-order valence-electron chi connectivity index (χ4n) is 5.31. The largest absolute Gasteiger partial charge is 0.462 e. The molecule has 0 unspecified atom stereocenters. The van der Waals surface area contributed by atoms with Gasteiger partial charge in [-0.2, -0.15) is 0 Å². The van der Waals surface area contributed by atoms with Crippen LogP contribution in [0.5, 0.6) is 11.5 Å². The first kappa shape index (κ1) is 24.4. The summed E-state index contributed by atoms with van der Waals surface area (Å²) in [7, 11) is 0. The zero-order valence-corrected chi connectivity index (χ0v) is 21.4. The highest BCUT2D eigenvalue weighted by Crippen LogP contribution is 2.41. The molecule has 3 aromatic carbocycles. The van der Waals surface area contributed by atoms with Gasteiger partial charge in [-0.15, -0.1) is 12.4 Å². The number of esters is 1. The molecule has 0 aromatic heterocycles. The number of benzene rings is 3. The van der Waals surface area contributed by atoms with Crippen LogP contribution < -0.4 is 20.6 Å². The van der Waals surface area contributed by atoms with Gasteiger partial charge in [0.25, 0.3) is 0 Å². The van der Waals surface area contributed by atoms with Crippen LogP contribution in [-0.4, -0.2) is 25.7 Å². The summed E-state index contributed by atoms with van der Waals surface area (Å²) in [6, 6.07) is 16.5. The van der Waals surface area contributed by atoms with Crippen LogP contribution in [0.2, 0.25) is 0 Å². The maximum Gasteiger partial charge on any atom is 0.338 e. The van der Waals surface area contributed by atoms with Gasteiger partial charge in [0.1, 0.15) is 11.5 Å². The summed E-state index contributed by atoms with van der Waals surface area (Å²) in [6.07, 6.45) is 6.03. The van der Waals surface area contributed by atoms with Gasteiger partial charge >= 0.3 is 5.97 Å². The molecule has 1 N–H and O–H groups in total. The Morgan fingerprint density at radius 1 is 1.03 bits per heavy atom. The number of carbonyl (C=O) groups is 1. The monoisotopic (exact) mass is 502 g/mol. The summed E-state index contributed by atoms with van der Waals surface area (Å²) < 4.78 is 12.2. The minimum Gasteiger partial charge on any atom is -0.462 e. The second kappa shape index (κ2) is 10.4. The Kier molecular flexibility index (Phi) is 7.01. The second-order valence-corrected chi connectivity index (χ2v) is 9.51. The number of hydrogen-bond donors (Lipinski definition) is 1. The van der Waals surface area contributed by atoms with Crippen LogP contribution in [0.4, 0.5) is 5.69 Å². The number of nitrogens with one attached hydrogen (secondary N) is 1. The quantitative estimate of drug-likeness (QED) is 0.295. The van der Waals surface area contributed by atoms with E-state index in [-0.39, 0.29) is 18.4 Å². The molecule has 0 fully saturated rings. The highest BCUT2D eigenvalue weighted by atomic mass is 35.5. The molecule has 3 aliphatic heterocycles. The fraction of sp³-hybridized carbons (Fsp3) is 0.333. The molecule has 0 aliphatic carbocycles. The van der Waals surface area contributed by atoms with Crippen LogP contribution in [0.3, 0.4) is 0 Å². The molecule has 0 atom stereocenters. The number of fused-ring (bicyclic) bond motifs is 4. The summed E-state index contributed by atoms with van der Waals surface area (Å²) in [6.45, 7) is 4.35. The molecule has 186 valence electrons. The van der Waals surface area contributed by atoms with Crippen molar-refractivity contribution < 1.29 is 14.3 Å². The van der Waals surface area contributed by atoms with Gasteiger partial charge < -0.3 is 14.8 Å². The van der Waals surface area contributed by atoms with Crippen LogP contribution in [0, 0.1) is 0 Å². The van der Waals surface area contributed by atoms with Crippen LogP contribution >= 0.6 is 12.4 Å². The van der Waals surface area contributed by atoms with E-state index in [1.54, 1.807) is 0 Å². The maximum absolute atomic E-state index is 13.2. The highest BCUT2D eigenvalue weighted by Gasteiger charge is 2.27. The average Bonchev–Trinajstić information content (AvgIpc) is 2.89. The topological polar surface area (TPSA) is 59.9 Å². The van der Waals surface area contributed by atoms with Crippen molar-refractivity contribution in [1.82, 2.24) is 0 Å². The summed E-state index contributed by atoms with van der Waals surface area (Å²) in [4.78, 5) is 17.9. The summed E-state index contributed by atoms with van der Waals surface area (Å²) >= 11 is 0. The second-order valence-electron chi connectivity index (χ2n) is 9.51. The zero-order valence-electron chi connectivity index (χ0n) is 20.6. The summed E-state index contributed by atoms with van der Waals surface area (Å²) in [5.41, 5.74) is 7.20. The first-order valence-corrected chi connectivity index (χ1v) is 12.8. The normalized spacial score (nSPS) is 15.0. The smallest absolute Gasteiger partial charge is 0.338 e. The molecular weight excluding hydrogens is 472 g/mol. The Labute approximate surface area is 217 Å². The third-order valence-corrected chi connectivity index (χ3v) is 7.12. The minimum absolute atomic E-state index is 0. The van der Waals surface area contributed by atoms with Gasteiger partial charge in [0.2, 0.25) is 0 Å². The van der Waals surface area contributed by atoms with E-state index in [1.165, 1.54) is 11.1 Å². The molecule has 0 spiro atoms. The summed E-state index contributed by atoms with van der Waals surface area (Å²) in [5, 5.41) is 5.55. The number of aryl methyl sites for hydroxylation is 2. The van der Waals surface area contributed by atoms with Crippen molar-refractivity contribution in [2.45, 2.75) is 45.4 Å². The first-order chi connectivity index (χ1) is 17.2. The third kappa shape index (κ3) is 4.37. The molecule has 3 aliphatic rings. The molecule has 3 aromatic rings. The number of anilines is 1. The Bertz CT molecular complexity index is 1450. The summed E-state index contributed by atoms with van der Waals surface area (Å²) in [5.74, 6) is 1.33. The van der Waals surface area contributed by atoms with E-state index in [0.29, 0.717) is 12.2 Å². The van der Waals surface area contributed by atoms with Crippen molar-refractivity contribution >= 4 is 29.6 Å². The molecular formula is C30H31ClN2O3. The van der Waals surface area contributed by atoms with E-state index < -0.39 is 0 Å². The molecule has 5 nitrogen and oxygen atoms in total. The van der Waals surface area contributed by atoms with E-state index in [9.17, 15) is 4.79 Å². The van der Waals surface area contributed by atoms with E-state index in [0.717, 1.165) is 96.1 Å². The van der Waals surface area contributed by atoms with E-state index in [1.807, 2.05) is 24.3 Å². The number of unbranched alkanes of at least 4 members (excludes halogenated alkanes) is 1. The van der Waals surface area contributed by atoms with Gasteiger partial charge in [-0.25, -0.2) is 4.79 Å². The van der Waals surface area contributed by atoms with Crippen LogP contribution in [0.25, 0.3) is 5.57 Å². The van der Waals surface area contributed by atoms with Gasteiger partial charge in [0, 0.05) is 47.3 Å². The van der Waals surface area contributed by atoms with E-state index in [4.69, 9.17) is 14.5 Å². The lowest BCUT2D eigenvalue weighted by molar-refractivity contribution is 0.0499. The van der Waals surface area contributed by atoms with E-state index >= 15 is 0 Å². The zero-order chi connectivity index (χ0) is 23.8. The molecule has 36 heavy (non-hydrogen) atoms. The van der Waals surface area contributed by atoms with Gasteiger partial charge in [-0.05, 0) is 67.0 Å². The molecule has 6 heteroatoms. The highest BCUT2D eigenvalue weighted by molar-refractivity contribution is 5.99. The van der Waals surface area contributed by atoms with Gasteiger partial charge in [0.05, 0.1) is 17.5 Å². The first-order valence-electron chi connectivity index (χ1n) is 12.8. The predicted molar refractivity (Wildman–Crippen MR) is 144 cm³/mol. The Morgan fingerprint density at radius 2 is 1.89 bits per heavy atom. The van der Waals surface area contributed by atoms with Gasteiger partial charge in [-0.1, -0.05) is 31.5 Å². The lowest BCUT2D eigenvalue weighted by Gasteiger charge is -2.27. The molecule has 6 rings (SSSR count). The Hall–Kier alpha value is -3.31. The number of carbonyl (C=O) groups excluding carboxylic acids is 1. The number of rotatable bonds is 5. The minimum atomic E-state index is -0.274. The molecule has 3 heterocycles. The van der Waals surface area contributed by atoms with Crippen LogP contribution in [0.15, 0.2) is 53.5 Å². The number of nitrogens with zero attached hydrogens (tertiary/aromatic N) is 1. The Morgan fingerprint density at radius 3 is 2.78 bits per heavy atom. The van der Waals surface area contributed by atoms with E-state index in [2.05, 4.69) is 36.5 Å². The average molecular weight is 503 g/mol. The molecule has 0 amide bonds. The Balaban J connectivity index is 0.00000267. The fourth-order valence-corrected chi connectivity index (χ4v) is 5.31. The lowest BCUT2D eigenvalue weighted by Crippen LogP contribution is -2.26. The van der Waals surface area contributed by atoms with Crippen LogP contribution in [0.1, 0.15) is 65.2 Å². The van der Waals surface area contributed by atoms with Gasteiger partial charge in [-0.3, -0.25) is 4.99 Å². The SMILES string of the molecule is CCCCOC(=O)c1ccccc1C1=c2cc3c(cc2Oc2cc4c(cc21)CCCN4)=NCCC3.Cl. The number of hydrogen-bond acceptors (Lipinski definition) is 5. The van der Waals surface area contributed by atoms with Gasteiger partial charge in [0.15, 0.2) is 0 Å². The lowest BCUT2D eigenvalue weighted by atomic mass is 9.87. The van der Waals surface area contributed by atoms with Crippen molar-refractivity contribution in [3.8, 4) is 11.5 Å². The molecule has 0 radical (unpaired) electrons. The maximum atomic E-state index is 13.2. The molecule has 0 saturated carbocycles. The van der Waals surface area contributed by atoms with Crippen LogP contribution in [-0.2, 0) is 17.6 Å². The third-order valence-electron chi connectivity index (χ3n) is 7.12. The van der Waals surface area contributed by atoms with Crippen molar-refractivity contribution in [3.05, 3.63) is 86.9 Å². The van der Waals surface area contributed by atoms with Crippen molar-refractivity contribution in [2.75, 3.05) is 25.0 Å². The standard InChI is InChI=1S/C30H30N2O3.ClH/c1-2-3-14-34-30(33)22-11-5-4-10-21(22)29-23-15-19-8-6-12-31-25(19)17-27(23)35-28-18-26-20(16-24(28)29)9-7-13-32-26;/h4-5,10-11,15-18,31H,2-3,6-9,12-14H2,1H3;1H. The van der Waals surface area contributed by atoms with Crippen molar-refractivity contribution in [3.63, 3.8) is 0 Å². The molecule has 0 saturated heterocycles. The predicted octanol–water partition coefficient (Wildman–Crippen LogP) is 5.34.